The largest absolute Gasteiger partial charge is 0.0650 e. The summed E-state index contributed by atoms with van der Waals surface area (Å²) >= 11 is 0. The van der Waals surface area contributed by atoms with Gasteiger partial charge in [0, 0.05) is 0 Å². The van der Waals surface area contributed by atoms with E-state index in [0.717, 1.165) is 0 Å². The molecule has 0 aliphatic carbocycles. The van der Waals surface area contributed by atoms with Crippen LogP contribution in [0.2, 0.25) is 0 Å². The lowest BCUT2D eigenvalue weighted by molar-refractivity contribution is 1.10. The highest BCUT2D eigenvalue weighted by Gasteiger charge is 2.04. The number of benzene rings is 2. The molecule has 1 unspecified atom stereocenters. The van der Waals surface area contributed by atoms with Gasteiger partial charge < -0.3 is 0 Å². The van der Waals surface area contributed by atoms with Crippen LogP contribution in [0.4, 0.5) is 0 Å². The van der Waals surface area contributed by atoms with E-state index in [2.05, 4.69) is 79.5 Å². The van der Waals surface area contributed by atoms with Gasteiger partial charge in [-0.1, -0.05) is 93.8 Å². The highest BCUT2D eigenvalue weighted by Crippen LogP contribution is 2.37. The van der Waals surface area contributed by atoms with Gasteiger partial charge in [-0.05, 0) is 17.0 Å². The van der Waals surface area contributed by atoms with Crippen molar-refractivity contribution in [2.45, 2.75) is 13.3 Å². The van der Waals surface area contributed by atoms with E-state index in [0.29, 0.717) is 0 Å². The molecule has 92 valence electrons. The van der Waals surface area contributed by atoms with Crippen LogP contribution in [0.5, 0.6) is 0 Å². The molecule has 2 rings (SSSR count). The topological polar surface area (TPSA) is 0 Å². The van der Waals surface area contributed by atoms with Crippen LogP contribution in [0.1, 0.15) is 18.9 Å². The maximum absolute atomic E-state index is 2.39. The molecule has 0 aliphatic heterocycles. The number of hydrogen-bond donors (Lipinski definition) is 0. The first kappa shape index (κ1) is 13.1. The van der Waals surface area contributed by atoms with Crippen molar-refractivity contribution in [2.75, 3.05) is 6.16 Å². The van der Waals surface area contributed by atoms with E-state index in [1.807, 2.05) is 0 Å². The maximum atomic E-state index is 2.39. The molecule has 0 spiro atoms. The molecule has 1 atom stereocenters. The summed E-state index contributed by atoms with van der Waals surface area (Å²) in [5.74, 6) is 2.39. The van der Waals surface area contributed by atoms with Gasteiger partial charge in [0.2, 0.25) is 0 Å². The first-order valence-electron chi connectivity index (χ1n) is 6.45. The Morgan fingerprint density at radius 1 is 0.889 bits per heavy atom. The molecule has 0 aromatic heterocycles. The Morgan fingerprint density at radius 2 is 1.50 bits per heavy atom. The van der Waals surface area contributed by atoms with Gasteiger partial charge in [-0.2, -0.15) is 0 Å². The van der Waals surface area contributed by atoms with E-state index in [1.165, 1.54) is 23.5 Å². The molecule has 2 aromatic rings. The molecule has 0 saturated carbocycles. The summed E-state index contributed by atoms with van der Waals surface area (Å²) in [4.78, 5) is 0. The third-order valence-corrected chi connectivity index (χ3v) is 5.20. The second-order valence-corrected chi connectivity index (χ2v) is 6.46. The van der Waals surface area contributed by atoms with E-state index in [4.69, 9.17) is 0 Å². The van der Waals surface area contributed by atoms with Crippen LogP contribution in [-0.2, 0) is 0 Å². The molecule has 0 radical (unpaired) electrons. The van der Waals surface area contributed by atoms with Gasteiger partial charge in [-0.15, -0.1) is 0 Å². The van der Waals surface area contributed by atoms with E-state index in [9.17, 15) is 0 Å². The quantitative estimate of drug-likeness (QED) is 0.667. The first-order chi connectivity index (χ1) is 8.90. The van der Waals surface area contributed by atoms with Crippen LogP contribution in [0.25, 0.3) is 6.08 Å². The minimum Gasteiger partial charge on any atom is -0.0650 e. The van der Waals surface area contributed by atoms with Gasteiger partial charge in [-0.25, -0.2) is 0 Å². The summed E-state index contributed by atoms with van der Waals surface area (Å²) in [6, 6.07) is 21.4. The molecule has 0 fully saturated rings. The normalized spacial score (nSPS) is 12.7. The minimum atomic E-state index is -0.160. The predicted octanol–water partition coefficient (Wildman–Crippen LogP) is 4.87. The van der Waals surface area contributed by atoms with Crippen molar-refractivity contribution in [3.63, 3.8) is 0 Å². The second-order valence-electron chi connectivity index (χ2n) is 4.26. The van der Waals surface area contributed by atoms with Gasteiger partial charge in [-0.3, -0.25) is 0 Å². The van der Waals surface area contributed by atoms with Crippen LogP contribution >= 0.6 is 7.92 Å². The van der Waals surface area contributed by atoms with Crippen LogP contribution < -0.4 is 5.30 Å². The first-order valence-corrected chi connectivity index (χ1v) is 8.04. The highest BCUT2D eigenvalue weighted by molar-refractivity contribution is 7.68. The summed E-state index contributed by atoms with van der Waals surface area (Å²) in [6.45, 7) is 2.26. The van der Waals surface area contributed by atoms with Crippen LogP contribution in [0.3, 0.4) is 0 Å². The highest BCUT2D eigenvalue weighted by atomic mass is 31.1. The van der Waals surface area contributed by atoms with Crippen molar-refractivity contribution in [1.82, 2.24) is 0 Å². The number of rotatable bonds is 5. The number of hydrogen-bond acceptors (Lipinski definition) is 0. The Balaban J connectivity index is 2.14. The van der Waals surface area contributed by atoms with Crippen molar-refractivity contribution in [1.29, 1.82) is 0 Å². The van der Waals surface area contributed by atoms with Gasteiger partial charge in [0.05, 0.1) is 0 Å². The fourth-order valence-corrected chi connectivity index (χ4v) is 3.86. The predicted molar refractivity (Wildman–Crippen MR) is 83.6 cm³/mol. The van der Waals surface area contributed by atoms with Crippen molar-refractivity contribution < 1.29 is 0 Å². The molecule has 0 nitrogen and oxygen atoms in total. The smallest absolute Gasteiger partial charge is 0.0201 e. The molecule has 0 saturated heterocycles. The Bertz CT molecular complexity index is 473. The fraction of sp³-hybridized carbons (Fsp3) is 0.176. The summed E-state index contributed by atoms with van der Waals surface area (Å²) in [7, 11) is -0.160. The molecule has 0 bridgehead atoms. The van der Waals surface area contributed by atoms with Crippen molar-refractivity contribution in [3.05, 3.63) is 72.0 Å². The molecule has 0 N–H and O–H groups in total. The zero-order valence-electron chi connectivity index (χ0n) is 10.8. The van der Waals surface area contributed by atoms with Gasteiger partial charge >= 0.3 is 0 Å². The third-order valence-electron chi connectivity index (χ3n) is 2.80. The SMILES string of the molecule is CCCP(/C=C/c1ccccc1)c1ccccc1. The van der Waals surface area contributed by atoms with E-state index >= 15 is 0 Å². The van der Waals surface area contributed by atoms with Crippen LogP contribution in [-0.4, -0.2) is 6.16 Å². The third kappa shape index (κ3) is 3.82. The van der Waals surface area contributed by atoms with Crippen molar-refractivity contribution in [3.8, 4) is 0 Å². The summed E-state index contributed by atoms with van der Waals surface area (Å²) in [5, 5.41) is 1.47. The Kier molecular flexibility index (Phi) is 5.17. The second kappa shape index (κ2) is 7.13. The van der Waals surface area contributed by atoms with Crippen LogP contribution in [0, 0.1) is 0 Å². The lowest BCUT2D eigenvalue weighted by Gasteiger charge is -2.12. The zero-order chi connectivity index (χ0) is 12.6. The average molecular weight is 254 g/mol. The molecule has 1 heteroatoms. The summed E-state index contributed by atoms with van der Waals surface area (Å²) < 4.78 is 0. The average Bonchev–Trinajstić information content (AvgIpc) is 2.45. The molecule has 0 amide bonds. The molecule has 18 heavy (non-hydrogen) atoms. The van der Waals surface area contributed by atoms with Gasteiger partial charge in [0.1, 0.15) is 0 Å². The van der Waals surface area contributed by atoms with Gasteiger partial charge in [0.15, 0.2) is 0 Å². The Hall–Kier alpha value is -1.39. The monoisotopic (exact) mass is 254 g/mol. The van der Waals surface area contributed by atoms with Gasteiger partial charge in [0.25, 0.3) is 0 Å². The van der Waals surface area contributed by atoms with E-state index in [1.54, 1.807) is 0 Å². The molecular weight excluding hydrogens is 235 g/mol. The summed E-state index contributed by atoms with van der Waals surface area (Å²) in [5.41, 5.74) is 1.29. The maximum Gasteiger partial charge on any atom is -0.0201 e. The lowest BCUT2D eigenvalue weighted by atomic mass is 10.2. The van der Waals surface area contributed by atoms with E-state index in [-0.39, 0.29) is 7.92 Å². The van der Waals surface area contributed by atoms with Crippen LogP contribution in [0.15, 0.2) is 66.5 Å². The van der Waals surface area contributed by atoms with E-state index < -0.39 is 0 Å². The molecular formula is C17H19P. The summed E-state index contributed by atoms with van der Waals surface area (Å²) in [6.07, 6.45) is 4.76. The molecule has 0 aliphatic rings. The fourth-order valence-electron chi connectivity index (χ4n) is 1.89. The molecule has 2 aromatic carbocycles. The van der Waals surface area contributed by atoms with Crippen molar-refractivity contribution in [2.24, 2.45) is 0 Å². The Labute approximate surface area is 111 Å². The molecule has 0 heterocycles. The van der Waals surface area contributed by atoms with Crippen molar-refractivity contribution >= 4 is 19.3 Å². The standard InChI is InChI=1S/C17H19P/c1-2-14-18(17-11-7-4-8-12-17)15-13-16-9-5-3-6-10-16/h3-13,15H,2,14H2,1H3/b15-13+. The lowest BCUT2D eigenvalue weighted by Crippen LogP contribution is -2.00. The Morgan fingerprint density at radius 3 is 2.11 bits per heavy atom. The zero-order valence-corrected chi connectivity index (χ0v) is 11.7. The minimum absolute atomic E-state index is 0.160.